The highest BCUT2D eigenvalue weighted by molar-refractivity contribution is 5.88. The zero-order chi connectivity index (χ0) is 17.8. The fourth-order valence-electron chi connectivity index (χ4n) is 2.38. The molecular formula is C18H12F2N2O3. The summed E-state index contributed by atoms with van der Waals surface area (Å²) >= 11 is 0. The Hall–Kier alpha value is -3.35. The van der Waals surface area contributed by atoms with Gasteiger partial charge in [0.1, 0.15) is 11.3 Å². The minimum absolute atomic E-state index is 0.0421. The van der Waals surface area contributed by atoms with E-state index in [0.717, 1.165) is 0 Å². The van der Waals surface area contributed by atoms with Gasteiger partial charge in [0.05, 0.1) is 10.6 Å². The number of pyridine rings is 1. The topological polar surface area (TPSA) is 65.3 Å². The van der Waals surface area contributed by atoms with Crippen molar-refractivity contribution < 1.29 is 18.4 Å². The van der Waals surface area contributed by atoms with Crippen LogP contribution in [0.25, 0.3) is 23.1 Å². The summed E-state index contributed by atoms with van der Waals surface area (Å²) in [4.78, 5) is 14.9. The molecule has 3 aromatic rings. The van der Waals surface area contributed by atoms with Gasteiger partial charge in [0, 0.05) is 17.0 Å². The second kappa shape index (κ2) is 7.04. The molecule has 0 N–H and O–H groups in total. The molecule has 0 spiro atoms. The number of nitrogens with zero attached hydrogens (tertiary/aromatic N) is 2. The van der Waals surface area contributed by atoms with Gasteiger partial charge in [0.2, 0.25) is 0 Å². The van der Waals surface area contributed by atoms with Gasteiger partial charge in [-0.25, -0.2) is 4.98 Å². The fourth-order valence-corrected chi connectivity index (χ4v) is 2.38. The summed E-state index contributed by atoms with van der Waals surface area (Å²) in [7, 11) is 0. The van der Waals surface area contributed by atoms with Crippen LogP contribution in [-0.4, -0.2) is 16.5 Å². The Kier molecular flexibility index (Phi) is 4.65. The molecule has 126 valence electrons. The van der Waals surface area contributed by atoms with Crippen molar-refractivity contribution in [1.29, 1.82) is 0 Å². The SMILES string of the molecule is O=[N+]([O-])c1cccc2ccc(C=Cc3ccccc3OC(F)F)nc12. The van der Waals surface area contributed by atoms with Gasteiger partial charge in [0.15, 0.2) is 0 Å². The van der Waals surface area contributed by atoms with Crippen molar-refractivity contribution in [3.8, 4) is 5.75 Å². The minimum atomic E-state index is -2.92. The van der Waals surface area contributed by atoms with Crippen molar-refractivity contribution in [3.63, 3.8) is 0 Å². The molecule has 1 aromatic heterocycles. The number of nitro groups is 1. The Bertz CT molecular complexity index is 958. The van der Waals surface area contributed by atoms with E-state index in [9.17, 15) is 18.9 Å². The van der Waals surface area contributed by atoms with Gasteiger partial charge in [-0.2, -0.15) is 8.78 Å². The van der Waals surface area contributed by atoms with Crippen LogP contribution in [0.15, 0.2) is 54.6 Å². The molecule has 0 bridgehead atoms. The fraction of sp³-hybridized carbons (Fsp3) is 0.0556. The maximum absolute atomic E-state index is 12.4. The van der Waals surface area contributed by atoms with E-state index in [1.54, 1.807) is 54.6 Å². The van der Waals surface area contributed by atoms with Crippen LogP contribution in [0.2, 0.25) is 0 Å². The molecule has 0 aliphatic rings. The van der Waals surface area contributed by atoms with E-state index in [4.69, 9.17) is 0 Å². The summed E-state index contributed by atoms with van der Waals surface area (Å²) in [6.45, 7) is -2.92. The first-order valence-corrected chi connectivity index (χ1v) is 7.30. The molecule has 1 heterocycles. The van der Waals surface area contributed by atoms with Gasteiger partial charge in [-0.05, 0) is 24.3 Å². The first-order valence-electron chi connectivity index (χ1n) is 7.30. The molecular weight excluding hydrogens is 330 g/mol. The van der Waals surface area contributed by atoms with Crippen molar-refractivity contribution in [1.82, 2.24) is 4.98 Å². The molecule has 0 fully saturated rings. The van der Waals surface area contributed by atoms with E-state index >= 15 is 0 Å². The van der Waals surface area contributed by atoms with E-state index in [1.165, 1.54) is 12.1 Å². The number of hydrogen-bond acceptors (Lipinski definition) is 4. The van der Waals surface area contributed by atoms with Crippen LogP contribution in [0.1, 0.15) is 11.3 Å². The molecule has 0 aliphatic heterocycles. The molecule has 0 atom stereocenters. The van der Waals surface area contributed by atoms with Crippen LogP contribution in [-0.2, 0) is 0 Å². The Morgan fingerprint density at radius 3 is 2.60 bits per heavy atom. The van der Waals surface area contributed by atoms with Gasteiger partial charge >= 0.3 is 6.61 Å². The molecule has 0 amide bonds. The summed E-state index contributed by atoms with van der Waals surface area (Å²) in [5.74, 6) is 0.0421. The third-order valence-corrected chi connectivity index (χ3v) is 3.49. The van der Waals surface area contributed by atoms with Crippen LogP contribution >= 0.6 is 0 Å². The Morgan fingerprint density at radius 2 is 1.84 bits per heavy atom. The number of ether oxygens (including phenoxy) is 1. The average molecular weight is 342 g/mol. The molecule has 3 rings (SSSR count). The smallest absolute Gasteiger partial charge is 0.387 e. The van der Waals surface area contributed by atoms with E-state index in [1.807, 2.05) is 0 Å². The van der Waals surface area contributed by atoms with E-state index in [2.05, 4.69) is 9.72 Å². The third-order valence-electron chi connectivity index (χ3n) is 3.49. The second-order valence-corrected chi connectivity index (χ2v) is 5.09. The van der Waals surface area contributed by atoms with Crippen LogP contribution in [0.3, 0.4) is 0 Å². The highest BCUT2D eigenvalue weighted by Gasteiger charge is 2.12. The van der Waals surface area contributed by atoms with E-state index in [0.29, 0.717) is 16.6 Å². The summed E-state index contributed by atoms with van der Waals surface area (Å²) in [6, 6.07) is 14.5. The summed E-state index contributed by atoms with van der Waals surface area (Å²) < 4.78 is 29.3. The molecule has 0 saturated carbocycles. The first-order chi connectivity index (χ1) is 12.0. The lowest BCUT2D eigenvalue weighted by molar-refractivity contribution is -0.383. The molecule has 7 heteroatoms. The number of halogens is 2. The molecule has 5 nitrogen and oxygen atoms in total. The highest BCUT2D eigenvalue weighted by atomic mass is 19.3. The van der Waals surface area contributed by atoms with Crippen molar-refractivity contribution >= 4 is 28.7 Å². The lowest BCUT2D eigenvalue weighted by Gasteiger charge is -2.07. The average Bonchev–Trinajstić information content (AvgIpc) is 2.59. The Morgan fingerprint density at radius 1 is 1.04 bits per heavy atom. The van der Waals surface area contributed by atoms with Crippen molar-refractivity contribution in [3.05, 3.63) is 76.0 Å². The summed E-state index contributed by atoms with van der Waals surface area (Å²) in [5, 5.41) is 11.8. The highest BCUT2D eigenvalue weighted by Crippen LogP contribution is 2.25. The number of nitro benzene ring substituents is 1. The monoisotopic (exact) mass is 342 g/mol. The zero-order valence-electron chi connectivity index (χ0n) is 12.8. The van der Waals surface area contributed by atoms with Crippen LogP contribution < -0.4 is 4.74 Å². The number of fused-ring (bicyclic) bond motifs is 1. The van der Waals surface area contributed by atoms with Crippen molar-refractivity contribution in [2.45, 2.75) is 6.61 Å². The molecule has 0 saturated heterocycles. The van der Waals surface area contributed by atoms with E-state index in [-0.39, 0.29) is 17.0 Å². The molecule has 2 aromatic carbocycles. The number of para-hydroxylation sites is 2. The minimum Gasteiger partial charge on any atom is -0.434 e. The van der Waals surface area contributed by atoms with Crippen LogP contribution in [0.5, 0.6) is 5.75 Å². The predicted octanol–water partition coefficient (Wildman–Crippen LogP) is 4.91. The van der Waals surface area contributed by atoms with Gasteiger partial charge in [-0.3, -0.25) is 10.1 Å². The molecule has 0 radical (unpaired) electrons. The van der Waals surface area contributed by atoms with Crippen molar-refractivity contribution in [2.75, 3.05) is 0 Å². The largest absolute Gasteiger partial charge is 0.434 e. The third kappa shape index (κ3) is 3.77. The number of benzene rings is 2. The van der Waals surface area contributed by atoms with Crippen molar-refractivity contribution in [2.24, 2.45) is 0 Å². The van der Waals surface area contributed by atoms with Gasteiger partial charge in [0.25, 0.3) is 5.69 Å². The molecule has 25 heavy (non-hydrogen) atoms. The normalized spacial score (nSPS) is 11.3. The lowest BCUT2D eigenvalue weighted by Crippen LogP contribution is -2.02. The Balaban J connectivity index is 1.97. The van der Waals surface area contributed by atoms with Gasteiger partial charge in [-0.15, -0.1) is 0 Å². The number of alkyl halides is 2. The lowest BCUT2D eigenvalue weighted by atomic mass is 10.1. The summed E-state index contributed by atoms with van der Waals surface area (Å²) in [6.07, 6.45) is 3.16. The maximum Gasteiger partial charge on any atom is 0.387 e. The zero-order valence-corrected chi connectivity index (χ0v) is 12.8. The predicted molar refractivity (Wildman–Crippen MR) is 90.4 cm³/mol. The number of hydrogen-bond donors (Lipinski definition) is 0. The number of non-ortho nitro benzene ring substituents is 1. The number of rotatable bonds is 5. The van der Waals surface area contributed by atoms with Crippen LogP contribution in [0, 0.1) is 10.1 Å². The van der Waals surface area contributed by atoms with Gasteiger partial charge in [-0.1, -0.05) is 36.4 Å². The second-order valence-electron chi connectivity index (χ2n) is 5.09. The molecule has 0 aliphatic carbocycles. The van der Waals surface area contributed by atoms with Gasteiger partial charge < -0.3 is 4.74 Å². The maximum atomic E-state index is 12.4. The summed E-state index contributed by atoms with van der Waals surface area (Å²) in [5.41, 5.74) is 1.10. The molecule has 0 unspecified atom stereocenters. The first kappa shape index (κ1) is 16.5. The van der Waals surface area contributed by atoms with Crippen LogP contribution in [0.4, 0.5) is 14.5 Å². The standard InChI is InChI=1S/C18H12F2N2O3/c19-18(20)25-16-7-2-1-4-12(16)8-10-14-11-9-13-5-3-6-15(22(23)24)17(13)21-14/h1-11,18H. The van der Waals surface area contributed by atoms with E-state index < -0.39 is 11.5 Å². The quantitative estimate of drug-likeness (QED) is 0.488. The number of aromatic nitrogens is 1. The Labute approximate surface area is 141 Å².